The Morgan fingerprint density at radius 2 is 1.06 bits per heavy atom. The van der Waals surface area contributed by atoms with E-state index >= 15 is 0 Å². The maximum Gasteiger partial charge on any atom is 0.306 e. The van der Waals surface area contributed by atoms with Gasteiger partial charge in [-0.05, 0) is 44.9 Å². The molecule has 308 valence electrons. The van der Waals surface area contributed by atoms with E-state index in [1.807, 2.05) is 21.1 Å². The lowest BCUT2D eigenvalue weighted by Gasteiger charge is -2.28. The Morgan fingerprint density at radius 3 is 1.56 bits per heavy atom. The Bertz CT molecular complexity index is 889. The molecule has 52 heavy (non-hydrogen) atoms. The number of esters is 1. The van der Waals surface area contributed by atoms with Crippen molar-refractivity contribution >= 4 is 13.8 Å². The van der Waals surface area contributed by atoms with E-state index in [4.69, 9.17) is 18.5 Å². The van der Waals surface area contributed by atoms with E-state index in [1.165, 1.54) is 128 Å². The lowest BCUT2D eigenvalue weighted by molar-refractivity contribution is -0.870. The van der Waals surface area contributed by atoms with Crippen molar-refractivity contribution in [1.82, 2.24) is 0 Å². The van der Waals surface area contributed by atoms with Crippen molar-refractivity contribution in [3.05, 3.63) is 24.3 Å². The van der Waals surface area contributed by atoms with E-state index in [-0.39, 0.29) is 25.8 Å². The van der Waals surface area contributed by atoms with Crippen molar-refractivity contribution in [3.63, 3.8) is 0 Å². The Labute approximate surface area is 322 Å². The van der Waals surface area contributed by atoms with Crippen LogP contribution in [0.3, 0.4) is 0 Å². The van der Waals surface area contributed by atoms with Gasteiger partial charge in [0.15, 0.2) is 0 Å². The molecule has 0 aliphatic carbocycles. The van der Waals surface area contributed by atoms with Gasteiger partial charge in [-0.1, -0.05) is 160 Å². The number of hydrogen-bond donors (Lipinski definition) is 0. The van der Waals surface area contributed by atoms with E-state index in [9.17, 15) is 14.3 Å². The minimum absolute atomic E-state index is 0.0273. The lowest BCUT2D eigenvalue weighted by atomic mass is 10.0. The van der Waals surface area contributed by atoms with Crippen LogP contribution in [0.2, 0.25) is 0 Å². The highest BCUT2D eigenvalue weighted by Crippen LogP contribution is 2.38. The zero-order valence-corrected chi connectivity index (χ0v) is 35.7. The molecule has 0 fully saturated rings. The summed E-state index contributed by atoms with van der Waals surface area (Å²) in [5.41, 5.74) is 0. The monoisotopic (exact) mass is 758 g/mol. The van der Waals surface area contributed by atoms with Gasteiger partial charge in [0.1, 0.15) is 19.3 Å². The van der Waals surface area contributed by atoms with Gasteiger partial charge in [0.05, 0.1) is 34.4 Å². The number of carbonyl (C=O) groups excluding carboxylic acids is 1. The number of quaternary nitrogens is 1. The van der Waals surface area contributed by atoms with Gasteiger partial charge < -0.3 is 27.9 Å². The summed E-state index contributed by atoms with van der Waals surface area (Å²) in [6, 6.07) is 0. The topological polar surface area (TPSA) is 94.1 Å². The van der Waals surface area contributed by atoms with Crippen LogP contribution in [0.25, 0.3) is 0 Å². The van der Waals surface area contributed by atoms with Crippen molar-refractivity contribution in [3.8, 4) is 0 Å². The molecule has 8 nitrogen and oxygen atoms in total. The van der Waals surface area contributed by atoms with Crippen LogP contribution in [0.15, 0.2) is 24.3 Å². The number of unbranched alkanes of at least 4 members (excludes halogenated alkanes) is 22. The first kappa shape index (κ1) is 51.0. The second kappa shape index (κ2) is 36.9. The molecular formula is C43H84NO7P. The molecule has 0 aliphatic heterocycles. The number of carbonyl (C=O) groups is 1. The number of allylic oxidation sites excluding steroid dienone is 4. The number of nitrogens with zero attached hydrogens (tertiary/aromatic N) is 1. The number of hydrogen-bond acceptors (Lipinski definition) is 7. The largest absolute Gasteiger partial charge is 0.756 e. The second-order valence-electron chi connectivity index (χ2n) is 15.7. The van der Waals surface area contributed by atoms with Crippen LogP contribution >= 0.6 is 7.82 Å². The molecule has 0 aromatic heterocycles. The fourth-order valence-corrected chi connectivity index (χ4v) is 6.60. The summed E-state index contributed by atoms with van der Waals surface area (Å²) in [6.07, 6.45) is 40.8. The summed E-state index contributed by atoms with van der Waals surface area (Å²) in [6.45, 7) is 5.35. The van der Waals surface area contributed by atoms with Crippen LogP contribution in [0.1, 0.15) is 187 Å². The van der Waals surface area contributed by atoms with Crippen LogP contribution in [-0.2, 0) is 27.9 Å². The van der Waals surface area contributed by atoms with Crippen LogP contribution in [0.5, 0.6) is 0 Å². The van der Waals surface area contributed by atoms with Crippen molar-refractivity contribution in [2.24, 2.45) is 0 Å². The van der Waals surface area contributed by atoms with Gasteiger partial charge in [-0.25, -0.2) is 0 Å². The predicted octanol–water partition coefficient (Wildman–Crippen LogP) is 11.8. The van der Waals surface area contributed by atoms with Crippen LogP contribution in [-0.4, -0.2) is 70.7 Å². The standard InChI is InChI=1S/C43H84NO7P/c1-6-8-10-12-14-15-16-17-18-19-20-21-22-23-24-25-26-27-28-29-30-31-33-35-38-48-40-42(51-43(45)36-34-32-13-11-9-7-2)41-50-52(46,47)49-39-37-44(3,4)5/h16-17,19-20,42H,6-15,18,21-41H2,1-5H3/b17-16-,20-19-. The summed E-state index contributed by atoms with van der Waals surface area (Å²) < 4.78 is 34.4. The summed E-state index contributed by atoms with van der Waals surface area (Å²) in [5.74, 6) is -0.343. The highest BCUT2D eigenvalue weighted by atomic mass is 31.2. The van der Waals surface area contributed by atoms with Crippen LogP contribution in [0, 0.1) is 0 Å². The highest BCUT2D eigenvalue weighted by Gasteiger charge is 2.20. The van der Waals surface area contributed by atoms with E-state index in [1.54, 1.807) is 0 Å². The van der Waals surface area contributed by atoms with Gasteiger partial charge in [0.25, 0.3) is 7.82 Å². The first-order valence-electron chi connectivity index (χ1n) is 21.6. The second-order valence-corrected chi connectivity index (χ2v) is 17.1. The maximum absolute atomic E-state index is 12.5. The SMILES string of the molecule is CCCCCCC/C=C\C/C=C\CCCCCCCCCCCCCCOCC(COP(=O)([O-])OCC[N+](C)(C)C)OC(=O)CCCCCCCC. The van der Waals surface area contributed by atoms with Crippen molar-refractivity contribution in [2.75, 3.05) is 54.1 Å². The Hall–Kier alpha value is -1.02. The first-order chi connectivity index (χ1) is 25.1. The average molecular weight is 758 g/mol. The number of phosphoric ester groups is 1. The van der Waals surface area contributed by atoms with Gasteiger partial charge in [-0.3, -0.25) is 9.36 Å². The van der Waals surface area contributed by atoms with Gasteiger partial charge in [0.2, 0.25) is 0 Å². The van der Waals surface area contributed by atoms with Crippen molar-refractivity contribution < 1.29 is 37.3 Å². The summed E-state index contributed by atoms with van der Waals surface area (Å²) in [7, 11) is 1.36. The molecule has 0 saturated heterocycles. The lowest BCUT2D eigenvalue weighted by Crippen LogP contribution is -2.37. The average Bonchev–Trinajstić information content (AvgIpc) is 3.09. The number of phosphoric acid groups is 1. The predicted molar refractivity (Wildman–Crippen MR) is 217 cm³/mol. The normalized spacial score (nSPS) is 14.0. The smallest absolute Gasteiger partial charge is 0.306 e. The van der Waals surface area contributed by atoms with Crippen LogP contribution < -0.4 is 4.89 Å². The van der Waals surface area contributed by atoms with Gasteiger partial charge >= 0.3 is 5.97 Å². The third-order valence-electron chi connectivity index (χ3n) is 9.26. The minimum Gasteiger partial charge on any atom is -0.756 e. The molecule has 0 aromatic carbocycles. The third kappa shape index (κ3) is 40.2. The van der Waals surface area contributed by atoms with Gasteiger partial charge in [-0.2, -0.15) is 0 Å². The maximum atomic E-state index is 12.5. The molecule has 0 spiro atoms. The van der Waals surface area contributed by atoms with E-state index in [0.29, 0.717) is 24.1 Å². The zero-order valence-electron chi connectivity index (χ0n) is 34.8. The minimum atomic E-state index is -4.51. The van der Waals surface area contributed by atoms with E-state index in [0.717, 1.165) is 38.5 Å². The molecule has 0 saturated carbocycles. The zero-order chi connectivity index (χ0) is 38.4. The fourth-order valence-electron chi connectivity index (χ4n) is 5.87. The molecule has 0 aromatic rings. The van der Waals surface area contributed by atoms with Crippen molar-refractivity contribution in [2.45, 2.75) is 193 Å². The quantitative estimate of drug-likeness (QED) is 0.0202. The molecule has 0 heterocycles. The number of rotatable bonds is 40. The van der Waals surface area contributed by atoms with Crippen LogP contribution in [0.4, 0.5) is 0 Å². The molecule has 0 amide bonds. The van der Waals surface area contributed by atoms with E-state index in [2.05, 4.69) is 38.2 Å². The Morgan fingerprint density at radius 1 is 0.596 bits per heavy atom. The molecular weight excluding hydrogens is 673 g/mol. The fraction of sp³-hybridized carbons (Fsp3) is 0.884. The molecule has 0 rings (SSSR count). The Kier molecular flexibility index (Phi) is 36.2. The molecule has 0 bridgehead atoms. The number of likely N-dealkylation sites (N-methyl/N-ethyl adjacent to an activating group) is 1. The van der Waals surface area contributed by atoms with Crippen molar-refractivity contribution in [1.29, 1.82) is 0 Å². The third-order valence-corrected chi connectivity index (χ3v) is 10.2. The summed E-state index contributed by atoms with van der Waals surface area (Å²) in [4.78, 5) is 24.8. The molecule has 9 heteroatoms. The van der Waals surface area contributed by atoms with Gasteiger partial charge in [0, 0.05) is 13.0 Å². The first-order valence-corrected chi connectivity index (χ1v) is 23.0. The molecule has 0 aliphatic rings. The number of ether oxygens (including phenoxy) is 2. The molecule has 0 N–H and O–H groups in total. The molecule has 0 radical (unpaired) electrons. The molecule has 2 unspecified atom stereocenters. The van der Waals surface area contributed by atoms with E-state index < -0.39 is 13.9 Å². The summed E-state index contributed by atoms with van der Waals surface area (Å²) in [5, 5.41) is 0. The highest BCUT2D eigenvalue weighted by molar-refractivity contribution is 7.45. The Balaban J connectivity index is 3.96. The van der Waals surface area contributed by atoms with Gasteiger partial charge in [-0.15, -0.1) is 0 Å². The summed E-state index contributed by atoms with van der Waals surface area (Å²) >= 11 is 0. The molecule has 2 atom stereocenters.